The predicted octanol–water partition coefficient (Wildman–Crippen LogP) is 10.0. The van der Waals surface area contributed by atoms with E-state index >= 15 is 0 Å². The van der Waals surface area contributed by atoms with Crippen LogP contribution in [0.25, 0.3) is 26.7 Å². The lowest BCUT2D eigenvalue weighted by atomic mass is 9.79. The summed E-state index contributed by atoms with van der Waals surface area (Å²) in [7, 11) is 6.63. The number of thiophene rings is 1. The van der Waals surface area contributed by atoms with Crippen molar-refractivity contribution in [2.75, 3.05) is 54.5 Å². The molecule has 65 heavy (non-hydrogen) atoms. The molecule has 2 atom stereocenters. The van der Waals surface area contributed by atoms with E-state index in [1.165, 1.54) is 111 Å². The smallest absolute Gasteiger partial charge is 0.407 e. The molecule has 14 heteroatoms. The van der Waals surface area contributed by atoms with E-state index in [9.17, 15) is 14.4 Å². The van der Waals surface area contributed by atoms with Crippen LogP contribution < -0.4 is 16.0 Å². The fourth-order valence-corrected chi connectivity index (χ4v) is 10.4. The van der Waals surface area contributed by atoms with Crippen LogP contribution in [0.15, 0.2) is 49.3 Å². The fraction of sp³-hybridized carbons (Fsp3) is 0.588. The van der Waals surface area contributed by atoms with Gasteiger partial charge in [0.25, 0.3) is 6.47 Å². The predicted molar refractivity (Wildman–Crippen MR) is 268 cm³/mol. The number of ether oxygens (including phenoxy) is 2. The summed E-state index contributed by atoms with van der Waals surface area (Å²) in [5.74, 6) is 1.78. The van der Waals surface area contributed by atoms with Crippen LogP contribution in [0, 0.1) is 5.92 Å². The van der Waals surface area contributed by atoms with Gasteiger partial charge in [-0.2, -0.15) is 0 Å². The standard InChI is InChI=1S/C30H36N4S.C10H20N2O.C4H7NO3.C3H8.C2H4O2.C2H6/c1-4-23(31-5-2)20-10-12-21(13-11-20)27-26-22(14-17-30(26)15-6-7-16-30)28(35-27)24-19-32-29(33-24)25-9-8-18-34(25)3;1-8(2)9(11-3)10(13)12-6-4-5-7-12;1-8-4(7)5-2-3-6;1-3-2;1-4-2-3;1-2/h4-5,10-13,19,25,31H,2,6-9,14-18H2,1,3H3,(H,32,33);8-9,11H,4-7H2,1-3H3;3H,2H2,1H3,(H,5,7);3H2,1-2H3;2H,1H3;1-2H3/b23-4-;;;;;. The maximum Gasteiger partial charge on any atom is 0.407 e. The van der Waals surface area contributed by atoms with Crippen molar-refractivity contribution in [2.24, 2.45) is 5.92 Å². The van der Waals surface area contributed by atoms with Gasteiger partial charge in [0.05, 0.1) is 49.6 Å². The first-order valence-electron chi connectivity index (χ1n) is 23.7. The zero-order valence-electron chi connectivity index (χ0n) is 41.4. The monoisotopic (exact) mass is 920 g/mol. The normalized spacial score (nSPS) is 17.2. The van der Waals surface area contributed by atoms with E-state index in [1.807, 2.05) is 37.1 Å². The maximum atomic E-state index is 11.9. The highest BCUT2D eigenvalue weighted by Gasteiger charge is 2.45. The Morgan fingerprint density at radius 3 is 2.12 bits per heavy atom. The minimum Gasteiger partial charge on any atom is -0.471 e. The Morgan fingerprint density at radius 1 is 1.00 bits per heavy atom. The molecule has 2 saturated heterocycles. The average molecular weight is 920 g/mol. The second kappa shape index (κ2) is 30.4. The molecule has 4 N–H and O–H groups in total. The summed E-state index contributed by atoms with van der Waals surface area (Å²) in [5, 5.41) is 8.50. The second-order valence-corrected chi connectivity index (χ2v) is 17.7. The van der Waals surface area contributed by atoms with E-state index in [1.54, 1.807) is 17.3 Å². The van der Waals surface area contributed by atoms with Gasteiger partial charge < -0.3 is 40.1 Å². The molecular weight excluding hydrogens is 839 g/mol. The lowest BCUT2D eigenvalue weighted by molar-refractivity contribution is -0.133. The molecular formula is C51H81N7O6S. The number of allylic oxidation sites excluding steroid dienone is 1. The molecule has 0 radical (unpaired) electrons. The molecule has 1 aromatic carbocycles. The Morgan fingerprint density at radius 2 is 1.63 bits per heavy atom. The molecule has 2 aromatic heterocycles. The second-order valence-electron chi connectivity index (χ2n) is 16.7. The molecule has 362 valence electrons. The Balaban J connectivity index is 0.000000397. The van der Waals surface area contributed by atoms with Gasteiger partial charge in [-0.3, -0.25) is 14.5 Å². The molecule has 2 amide bonds. The maximum absolute atomic E-state index is 11.9. The van der Waals surface area contributed by atoms with Gasteiger partial charge in [-0.1, -0.05) is 97.7 Å². The summed E-state index contributed by atoms with van der Waals surface area (Å²) in [6.45, 7) is 21.7. The summed E-state index contributed by atoms with van der Waals surface area (Å²) in [4.78, 5) is 56.4. The number of alkyl carbamates (subject to hydrolysis) is 1. The average Bonchev–Trinajstić information content (AvgIpc) is 4.20. The number of carbonyl (C=O) groups excluding carboxylic acids is 4. The zero-order valence-corrected chi connectivity index (χ0v) is 42.3. The summed E-state index contributed by atoms with van der Waals surface area (Å²) >= 11 is 1.98. The minimum atomic E-state index is -0.586. The fourth-order valence-electron chi connectivity index (χ4n) is 8.92. The van der Waals surface area contributed by atoms with Crippen molar-refractivity contribution >= 4 is 41.8 Å². The number of rotatable bonds is 12. The number of aldehydes is 1. The van der Waals surface area contributed by atoms with Crippen molar-refractivity contribution in [2.45, 2.75) is 137 Å². The Bertz CT molecular complexity index is 1890. The first-order chi connectivity index (χ1) is 31.4. The number of imidazole rings is 1. The van der Waals surface area contributed by atoms with Crippen LogP contribution in [0.1, 0.15) is 141 Å². The quantitative estimate of drug-likeness (QED) is 0.129. The lowest BCUT2D eigenvalue weighted by Crippen LogP contribution is -2.47. The third-order valence-corrected chi connectivity index (χ3v) is 13.2. The Hall–Kier alpha value is -4.79. The van der Waals surface area contributed by atoms with E-state index in [4.69, 9.17) is 9.78 Å². The van der Waals surface area contributed by atoms with E-state index in [-0.39, 0.29) is 18.5 Å². The number of likely N-dealkylation sites (N-methyl/N-ethyl adjacent to an activating group) is 1. The summed E-state index contributed by atoms with van der Waals surface area (Å²) < 4.78 is 8.00. The molecule has 1 spiro atoms. The minimum absolute atomic E-state index is 0.00176. The van der Waals surface area contributed by atoms with Crippen LogP contribution in [0.2, 0.25) is 0 Å². The number of methoxy groups -OCH3 is 2. The van der Waals surface area contributed by atoms with Gasteiger partial charge in [-0.05, 0) is 119 Å². The van der Waals surface area contributed by atoms with Crippen LogP contribution in [0.4, 0.5) is 4.79 Å². The van der Waals surface area contributed by atoms with Crippen molar-refractivity contribution in [1.29, 1.82) is 0 Å². The van der Waals surface area contributed by atoms with Crippen LogP contribution in [0.3, 0.4) is 0 Å². The van der Waals surface area contributed by atoms with Crippen LogP contribution in [-0.4, -0.2) is 105 Å². The largest absolute Gasteiger partial charge is 0.471 e. The number of aromatic amines is 1. The molecule has 2 unspecified atom stereocenters. The highest BCUT2D eigenvalue weighted by molar-refractivity contribution is 7.19. The van der Waals surface area contributed by atoms with Crippen molar-refractivity contribution in [3.8, 4) is 21.0 Å². The number of benzene rings is 1. The van der Waals surface area contributed by atoms with Gasteiger partial charge in [0.2, 0.25) is 5.91 Å². The molecule has 3 aromatic rings. The van der Waals surface area contributed by atoms with Gasteiger partial charge >= 0.3 is 6.09 Å². The van der Waals surface area contributed by atoms with Gasteiger partial charge in [0.15, 0.2) is 0 Å². The number of aromatic nitrogens is 2. The van der Waals surface area contributed by atoms with Gasteiger partial charge in [-0.15, -0.1) is 11.3 Å². The van der Waals surface area contributed by atoms with Gasteiger partial charge in [-0.25, -0.2) is 9.78 Å². The number of hydrogen-bond donors (Lipinski definition) is 4. The summed E-state index contributed by atoms with van der Waals surface area (Å²) in [6.07, 6.45) is 19.9. The van der Waals surface area contributed by atoms with Gasteiger partial charge in [0.1, 0.15) is 12.1 Å². The van der Waals surface area contributed by atoms with Gasteiger partial charge in [0, 0.05) is 23.7 Å². The molecule has 3 fully saturated rings. The zero-order chi connectivity index (χ0) is 48.4. The Kier molecular flexibility index (Phi) is 26.4. The molecule has 0 bridgehead atoms. The van der Waals surface area contributed by atoms with Crippen molar-refractivity contribution in [3.05, 3.63) is 71.8 Å². The number of likely N-dealkylation sites (tertiary alicyclic amines) is 2. The number of carbonyl (C=O) groups is 4. The molecule has 13 nitrogen and oxygen atoms in total. The topological polar surface area (TPSA) is 158 Å². The number of fused-ring (bicyclic) bond motifs is 2. The first-order valence-corrected chi connectivity index (χ1v) is 24.5. The number of amides is 2. The summed E-state index contributed by atoms with van der Waals surface area (Å²) in [5.41, 5.74) is 8.48. The number of H-pyrrole nitrogens is 1. The molecule has 2 aliphatic carbocycles. The molecule has 7 rings (SSSR count). The van der Waals surface area contributed by atoms with Crippen molar-refractivity contribution < 1.29 is 28.7 Å². The van der Waals surface area contributed by atoms with Crippen LogP contribution in [-0.2, 0) is 35.7 Å². The number of nitrogens with one attached hydrogen (secondary N) is 4. The van der Waals surface area contributed by atoms with Crippen LogP contribution >= 0.6 is 11.3 Å². The Labute approximate surface area is 394 Å². The molecule has 4 aliphatic rings. The van der Waals surface area contributed by atoms with E-state index < -0.39 is 6.09 Å². The highest BCUT2D eigenvalue weighted by Crippen LogP contribution is 2.58. The SMILES string of the molecule is C=CN/C(=C\C)c1ccc(-c2sc(-c3cnc(C4CCCN4C)[nH]3)c3c2C2(CCCC2)CC3)cc1.CC.CCC.CNC(C(=O)N1CCCC1)C(C)C.COC(=O)NCC=O.COC=O. The highest BCUT2D eigenvalue weighted by atomic mass is 32.1. The third kappa shape index (κ3) is 16.0. The molecule has 4 heterocycles. The van der Waals surface area contributed by atoms with Crippen molar-refractivity contribution in [1.82, 2.24) is 35.7 Å². The van der Waals surface area contributed by atoms with Crippen LogP contribution in [0.5, 0.6) is 0 Å². The first kappa shape index (κ1) is 56.3. The molecule has 1 saturated carbocycles. The molecule has 2 aliphatic heterocycles. The van der Waals surface area contributed by atoms with E-state index in [0.717, 1.165) is 31.2 Å². The number of nitrogens with zero attached hydrogens (tertiary/aromatic N) is 3. The number of hydrogen-bond acceptors (Lipinski definition) is 11. The van der Waals surface area contributed by atoms with E-state index in [2.05, 4.69) is 120 Å². The summed E-state index contributed by atoms with van der Waals surface area (Å²) in [6, 6.07) is 9.53. The lowest BCUT2D eigenvalue weighted by Gasteiger charge is -2.25. The third-order valence-electron chi connectivity index (χ3n) is 11.9. The van der Waals surface area contributed by atoms with E-state index in [0.29, 0.717) is 30.1 Å². The van der Waals surface area contributed by atoms with Crippen molar-refractivity contribution in [3.63, 3.8) is 0 Å².